The van der Waals surface area contributed by atoms with Crippen molar-refractivity contribution in [2.75, 3.05) is 5.32 Å². The highest BCUT2D eigenvalue weighted by molar-refractivity contribution is 5.90. The highest BCUT2D eigenvalue weighted by Gasteiger charge is 2.11. The largest absolute Gasteiger partial charge is 0.339 e. The van der Waals surface area contributed by atoms with Gasteiger partial charge >= 0.3 is 0 Å². The zero-order valence-corrected chi connectivity index (χ0v) is 17.6. The molecule has 156 valence electrons. The van der Waals surface area contributed by atoms with Gasteiger partial charge in [0.1, 0.15) is 11.5 Å². The van der Waals surface area contributed by atoms with Gasteiger partial charge in [-0.2, -0.15) is 0 Å². The van der Waals surface area contributed by atoms with Crippen molar-refractivity contribution in [3.8, 4) is 0 Å². The van der Waals surface area contributed by atoms with Gasteiger partial charge < -0.3 is 14.9 Å². The molecule has 3 aromatic rings. The van der Waals surface area contributed by atoms with Crippen LogP contribution < -0.4 is 10.9 Å². The van der Waals surface area contributed by atoms with E-state index in [2.05, 4.69) is 20.3 Å². The summed E-state index contributed by atoms with van der Waals surface area (Å²) in [7, 11) is 0. The maximum atomic E-state index is 12.8. The molecule has 0 radical (unpaired) electrons. The topological polar surface area (TPSA) is 92.7 Å². The highest BCUT2D eigenvalue weighted by atomic mass is 16.2. The summed E-state index contributed by atoms with van der Waals surface area (Å²) < 4.78 is 1.53. The third-order valence-electron chi connectivity index (χ3n) is 4.54. The van der Waals surface area contributed by atoms with Crippen molar-refractivity contribution in [3.63, 3.8) is 0 Å². The van der Waals surface area contributed by atoms with Crippen molar-refractivity contribution < 1.29 is 4.79 Å². The van der Waals surface area contributed by atoms with E-state index in [0.29, 0.717) is 12.2 Å². The van der Waals surface area contributed by atoms with E-state index in [0.717, 1.165) is 35.0 Å². The van der Waals surface area contributed by atoms with Gasteiger partial charge in [0.15, 0.2) is 0 Å². The first-order valence-electron chi connectivity index (χ1n) is 10.1. The highest BCUT2D eigenvalue weighted by Crippen LogP contribution is 2.18. The molecule has 0 aliphatic rings. The van der Waals surface area contributed by atoms with Gasteiger partial charge in [0, 0.05) is 24.4 Å². The van der Waals surface area contributed by atoms with Crippen LogP contribution in [0.4, 0.5) is 5.69 Å². The number of pyridine rings is 2. The number of H-pyrrole nitrogens is 1. The van der Waals surface area contributed by atoms with Crippen LogP contribution in [0.1, 0.15) is 51.4 Å². The summed E-state index contributed by atoms with van der Waals surface area (Å²) in [6.45, 7) is 6.26. The number of fused-ring (bicyclic) bond motifs is 1. The minimum atomic E-state index is -0.262. The Morgan fingerprint density at radius 3 is 2.90 bits per heavy atom. The van der Waals surface area contributed by atoms with Crippen LogP contribution in [-0.2, 0) is 11.3 Å². The standard InChI is InChI=1S/C23H27N5O2/c1-4-5-6-7-10-21(29)26-18-9-8-11-28(23(18)30)15-20-25-19-14-24-13-17(12-16(2)3)22(19)27-20/h4-5,8-9,11-14H,6-7,10,15H2,1-3H3,(H,25,27)(H,26,29)/b5-4+. The second-order valence-electron chi connectivity index (χ2n) is 7.39. The van der Waals surface area contributed by atoms with Crippen molar-refractivity contribution in [1.29, 1.82) is 0 Å². The Morgan fingerprint density at radius 2 is 2.13 bits per heavy atom. The molecule has 30 heavy (non-hydrogen) atoms. The molecule has 0 aliphatic heterocycles. The third-order valence-corrected chi connectivity index (χ3v) is 4.54. The zero-order chi connectivity index (χ0) is 21.5. The molecular weight excluding hydrogens is 378 g/mol. The molecule has 3 rings (SSSR count). The normalized spacial score (nSPS) is 11.2. The molecule has 0 bridgehead atoms. The van der Waals surface area contributed by atoms with E-state index in [1.54, 1.807) is 30.7 Å². The summed E-state index contributed by atoms with van der Waals surface area (Å²) in [6, 6.07) is 3.37. The van der Waals surface area contributed by atoms with Crippen LogP contribution in [0, 0.1) is 0 Å². The van der Waals surface area contributed by atoms with E-state index in [-0.39, 0.29) is 23.7 Å². The Morgan fingerprint density at radius 1 is 1.30 bits per heavy atom. The number of nitrogens with zero attached hydrogens (tertiary/aromatic N) is 3. The molecule has 0 spiro atoms. The monoisotopic (exact) mass is 405 g/mol. The summed E-state index contributed by atoms with van der Waals surface area (Å²) in [6.07, 6.45) is 13.2. The Hall–Kier alpha value is -3.48. The number of imidazole rings is 1. The number of aromatic nitrogens is 4. The number of rotatable bonds is 8. The van der Waals surface area contributed by atoms with Gasteiger partial charge in [-0.15, -0.1) is 0 Å². The zero-order valence-electron chi connectivity index (χ0n) is 17.6. The number of hydrogen-bond donors (Lipinski definition) is 2. The maximum Gasteiger partial charge on any atom is 0.274 e. The quantitative estimate of drug-likeness (QED) is 0.432. The summed E-state index contributed by atoms with van der Waals surface area (Å²) >= 11 is 0. The van der Waals surface area contributed by atoms with Gasteiger partial charge in [0.2, 0.25) is 5.91 Å². The number of carbonyl (C=O) groups excluding carboxylic acids is 1. The Balaban J connectivity index is 1.78. The van der Waals surface area contributed by atoms with Crippen LogP contribution in [0.15, 0.2) is 53.2 Å². The number of hydrogen-bond acceptors (Lipinski definition) is 4. The minimum absolute atomic E-state index is 0.157. The second-order valence-corrected chi connectivity index (χ2v) is 7.39. The first-order chi connectivity index (χ1) is 14.5. The molecule has 7 nitrogen and oxygen atoms in total. The average molecular weight is 406 g/mol. The van der Waals surface area contributed by atoms with E-state index in [1.807, 2.05) is 39.0 Å². The van der Waals surface area contributed by atoms with Crippen molar-refractivity contribution >= 4 is 28.7 Å². The van der Waals surface area contributed by atoms with E-state index < -0.39 is 0 Å². The molecule has 2 N–H and O–H groups in total. The third kappa shape index (κ3) is 5.31. The molecule has 0 aliphatic carbocycles. The van der Waals surface area contributed by atoms with Crippen LogP contribution in [0.3, 0.4) is 0 Å². The Bertz CT molecular complexity index is 1150. The lowest BCUT2D eigenvalue weighted by atomic mass is 10.2. The van der Waals surface area contributed by atoms with E-state index in [9.17, 15) is 9.59 Å². The number of nitrogens with one attached hydrogen (secondary N) is 2. The summed E-state index contributed by atoms with van der Waals surface area (Å²) in [5.74, 6) is 0.494. The van der Waals surface area contributed by atoms with Crippen molar-refractivity contribution in [3.05, 3.63) is 70.2 Å². The summed E-state index contributed by atoms with van der Waals surface area (Å²) in [5, 5.41) is 2.73. The fraction of sp³-hybridized carbons (Fsp3) is 0.304. The van der Waals surface area contributed by atoms with Gasteiger partial charge in [0.05, 0.1) is 23.8 Å². The lowest BCUT2D eigenvalue weighted by Crippen LogP contribution is -2.26. The number of unbranched alkanes of at least 4 members (excludes halogenated alkanes) is 1. The number of amides is 1. The van der Waals surface area contributed by atoms with Crippen molar-refractivity contribution in [1.82, 2.24) is 19.5 Å². The Labute approximate surface area is 175 Å². The van der Waals surface area contributed by atoms with Crippen molar-refractivity contribution in [2.45, 2.75) is 46.6 Å². The van der Waals surface area contributed by atoms with Crippen LogP contribution in [-0.4, -0.2) is 25.4 Å². The molecule has 7 heteroatoms. The summed E-state index contributed by atoms with van der Waals surface area (Å²) in [4.78, 5) is 37.0. The molecule has 3 heterocycles. The number of anilines is 1. The molecule has 3 aromatic heterocycles. The first kappa shape index (κ1) is 21.2. The van der Waals surface area contributed by atoms with Gasteiger partial charge in [0.25, 0.3) is 5.56 Å². The van der Waals surface area contributed by atoms with Gasteiger partial charge in [-0.25, -0.2) is 4.98 Å². The van der Waals surface area contributed by atoms with Crippen LogP contribution in [0.2, 0.25) is 0 Å². The fourth-order valence-corrected chi connectivity index (χ4v) is 3.17. The SMILES string of the molecule is C/C=C/CCCC(=O)Nc1cccn(Cc2nc3c(C=C(C)C)cncc3[nH]2)c1=O. The lowest BCUT2D eigenvalue weighted by Gasteiger charge is -2.08. The van der Waals surface area contributed by atoms with E-state index >= 15 is 0 Å². The smallest absolute Gasteiger partial charge is 0.274 e. The predicted octanol–water partition coefficient (Wildman–Crippen LogP) is 4.28. The molecule has 0 aromatic carbocycles. The van der Waals surface area contributed by atoms with Crippen LogP contribution in [0.25, 0.3) is 17.1 Å². The van der Waals surface area contributed by atoms with E-state index in [4.69, 9.17) is 0 Å². The molecule has 1 amide bonds. The van der Waals surface area contributed by atoms with Crippen LogP contribution >= 0.6 is 0 Å². The first-order valence-corrected chi connectivity index (χ1v) is 10.1. The second kappa shape index (κ2) is 9.82. The maximum absolute atomic E-state index is 12.8. The predicted molar refractivity (Wildman–Crippen MR) is 120 cm³/mol. The molecule has 0 saturated heterocycles. The number of allylic oxidation sites excluding steroid dienone is 3. The van der Waals surface area contributed by atoms with E-state index in [1.165, 1.54) is 4.57 Å². The van der Waals surface area contributed by atoms with Gasteiger partial charge in [-0.1, -0.05) is 23.8 Å². The van der Waals surface area contributed by atoms with Gasteiger partial charge in [-0.05, 0) is 45.7 Å². The summed E-state index contributed by atoms with van der Waals surface area (Å²) in [5.41, 5.74) is 3.73. The minimum Gasteiger partial charge on any atom is -0.339 e. The fourth-order valence-electron chi connectivity index (χ4n) is 3.17. The molecular formula is C23H27N5O2. The number of aromatic amines is 1. The van der Waals surface area contributed by atoms with Gasteiger partial charge in [-0.3, -0.25) is 14.6 Å². The molecule has 0 saturated carbocycles. The van der Waals surface area contributed by atoms with Crippen molar-refractivity contribution in [2.24, 2.45) is 0 Å². The lowest BCUT2D eigenvalue weighted by molar-refractivity contribution is -0.116. The molecule has 0 atom stereocenters. The Kier molecular flexibility index (Phi) is 6.95. The molecule has 0 fully saturated rings. The van der Waals surface area contributed by atoms with Crippen LogP contribution in [0.5, 0.6) is 0 Å². The number of carbonyl (C=O) groups is 1. The average Bonchev–Trinajstić information content (AvgIpc) is 3.12. The molecule has 0 unspecified atom stereocenters.